The number of fused-ring (bicyclic) bond motifs is 1. The minimum Gasteiger partial charge on any atom is -0.350 e. The monoisotopic (exact) mass is 479 g/mol. The summed E-state index contributed by atoms with van der Waals surface area (Å²) in [5, 5.41) is 2.85. The van der Waals surface area contributed by atoms with Gasteiger partial charge in [-0.05, 0) is 36.5 Å². The van der Waals surface area contributed by atoms with E-state index in [0.29, 0.717) is 25.3 Å². The first-order chi connectivity index (χ1) is 14.9. The van der Waals surface area contributed by atoms with E-state index in [2.05, 4.69) is 12.2 Å². The highest BCUT2D eigenvalue weighted by Crippen LogP contribution is 2.44. The third-order valence-corrected chi connectivity index (χ3v) is 10.2. The predicted molar refractivity (Wildman–Crippen MR) is 123 cm³/mol. The maximum absolute atomic E-state index is 12.9. The Balaban J connectivity index is 1.46. The van der Waals surface area contributed by atoms with Crippen LogP contribution in [-0.2, 0) is 32.6 Å². The van der Waals surface area contributed by atoms with Gasteiger partial charge in [-0.2, -0.15) is 4.31 Å². The predicted octanol–water partition coefficient (Wildman–Crippen LogP) is 2.85. The fourth-order valence-corrected chi connectivity index (χ4v) is 8.06. The van der Waals surface area contributed by atoms with E-state index in [1.165, 1.54) is 37.9 Å². The van der Waals surface area contributed by atoms with Crippen LogP contribution in [-0.4, -0.2) is 49.9 Å². The van der Waals surface area contributed by atoms with Crippen molar-refractivity contribution in [2.45, 2.75) is 41.1 Å². The summed E-state index contributed by atoms with van der Waals surface area (Å²) >= 11 is 2.52. The molecular weight excluding hydrogens is 454 g/mol. The number of hydrogen-bond acceptors (Lipinski definition) is 6. The summed E-state index contributed by atoms with van der Waals surface area (Å²) in [6.45, 7) is 3.40. The van der Waals surface area contributed by atoms with Gasteiger partial charge in [0.15, 0.2) is 0 Å². The van der Waals surface area contributed by atoms with Gasteiger partial charge in [0, 0.05) is 19.6 Å². The van der Waals surface area contributed by atoms with Crippen molar-refractivity contribution < 1.29 is 18.0 Å². The fourth-order valence-electron chi connectivity index (χ4n) is 3.62. The summed E-state index contributed by atoms with van der Waals surface area (Å²) in [6, 6.07) is 9.58. The smallest absolute Gasteiger partial charge is 0.252 e. The minimum absolute atomic E-state index is 0.126. The second-order valence-corrected chi connectivity index (χ2v) is 12.0. The number of nitrogens with one attached hydrogen (secondary N) is 1. The Bertz CT molecular complexity index is 1070. The molecule has 10 heteroatoms. The van der Waals surface area contributed by atoms with Crippen LogP contribution >= 0.6 is 23.1 Å². The SMILES string of the molecule is CCc1ccc(CNC(=O)CN2C(=O)CSc3sc(S(=O)(=O)N4CCCC4)cc32)cc1. The minimum atomic E-state index is -3.55. The summed E-state index contributed by atoms with van der Waals surface area (Å²) in [4.78, 5) is 26.5. The van der Waals surface area contributed by atoms with Crippen LogP contribution in [0.4, 0.5) is 5.69 Å². The number of sulfonamides is 1. The van der Waals surface area contributed by atoms with E-state index in [1.807, 2.05) is 24.3 Å². The molecule has 0 aliphatic carbocycles. The highest BCUT2D eigenvalue weighted by atomic mass is 32.3. The Morgan fingerprint density at radius 3 is 2.48 bits per heavy atom. The van der Waals surface area contributed by atoms with Crippen molar-refractivity contribution in [1.82, 2.24) is 9.62 Å². The van der Waals surface area contributed by atoms with Crippen molar-refractivity contribution in [1.29, 1.82) is 0 Å². The summed E-state index contributed by atoms with van der Waals surface area (Å²) in [7, 11) is -3.55. The molecule has 0 unspecified atom stereocenters. The van der Waals surface area contributed by atoms with Crippen LogP contribution in [0.25, 0.3) is 0 Å². The van der Waals surface area contributed by atoms with E-state index in [4.69, 9.17) is 0 Å². The molecule has 1 fully saturated rings. The second-order valence-electron chi connectivity index (χ2n) is 7.56. The number of amides is 2. The van der Waals surface area contributed by atoms with Gasteiger partial charge in [0.1, 0.15) is 10.8 Å². The molecule has 0 radical (unpaired) electrons. The zero-order chi connectivity index (χ0) is 22.0. The molecule has 0 saturated carbocycles. The van der Waals surface area contributed by atoms with Gasteiger partial charge in [-0.1, -0.05) is 31.2 Å². The van der Waals surface area contributed by atoms with Crippen LogP contribution in [0.2, 0.25) is 0 Å². The number of anilines is 1. The van der Waals surface area contributed by atoms with Crippen LogP contribution in [0.3, 0.4) is 0 Å². The zero-order valence-corrected chi connectivity index (χ0v) is 19.7. The van der Waals surface area contributed by atoms with Crippen molar-refractivity contribution >= 4 is 50.6 Å². The molecule has 0 atom stereocenters. The molecule has 2 aromatic rings. The molecule has 2 aliphatic heterocycles. The zero-order valence-electron chi connectivity index (χ0n) is 17.3. The van der Waals surface area contributed by atoms with Gasteiger partial charge >= 0.3 is 0 Å². The summed E-state index contributed by atoms with van der Waals surface area (Å²) < 4.78 is 28.3. The largest absolute Gasteiger partial charge is 0.350 e. The molecule has 2 aliphatic rings. The van der Waals surface area contributed by atoms with Gasteiger partial charge < -0.3 is 10.2 Å². The van der Waals surface area contributed by atoms with Crippen LogP contribution in [0.5, 0.6) is 0 Å². The molecular formula is C21H25N3O4S3. The third-order valence-electron chi connectivity index (χ3n) is 5.46. The lowest BCUT2D eigenvalue weighted by Gasteiger charge is -2.25. The van der Waals surface area contributed by atoms with Gasteiger partial charge in [0.05, 0.1) is 15.6 Å². The lowest BCUT2D eigenvalue weighted by Crippen LogP contribution is -2.42. The second kappa shape index (κ2) is 9.32. The molecule has 2 amide bonds. The number of rotatable bonds is 7. The van der Waals surface area contributed by atoms with Gasteiger partial charge in [-0.25, -0.2) is 8.42 Å². The van der Waals surface area contributed by atoms with Crippen molar-refractivity contribution in [2.24, 2.45) is 0 Å². The van der Waals surface area contributed by atoms with Crippen molar-refractivity contribution in [3.05, 3.63) is 41.5 Å². The van der Waals surface area contributed by atoms with Crippen LogP contribution in [0, 0.1) is 0 Å². The molecule has 0 spiro atoms. The Kier molecular flexibility index (Phi) is 6.71. The Morgan fingerprint density at radius 1 is 1.13 bits per heavy atom. The number of thiophene rings is 1. The molecule has 1 saturated heterocycles. The van der Waals surface area contributed by atoms with Gasteiger partial charge in [0.25, 0.3) is 10.0 Å². The average Bonchev–Trinajstić information content (AvgIpc) is 3.45. The van der Waals surface area contributed by atoms with Crippen LogP contribution < -0.4 is 10.2 Å². The van der Waals surface area contributed by atoms with Crippen molar-refractivity contribution in [2.75, 3.05) is 30.3 Å². The standard InChI is InChI=1S/C21H25N3O4S3/c1-2-15-5-7-16(8-6-15)12-22-18(25)13-24-17-11-20(30-21(17)29-14-19(24)26)31(27,28)23-9-3-4-10-23/h5-8,11H,2-4,9-10,12-14H2,1H3,(H,22,25). The molecule has 3 heterocycles. The normalized spacial score (nSPS) is 17.1. The summed E-state index contributed by atoms with van der Waals surface area (Å²) in [6.07, 6.45) is 2.69. The first-order valence-corrected chi connectivity index (χ1v) is 13.5. The molecule has 166 valence electrons. The molecule has 1 aromatic heterocycles. The van der Waals surface area contributed by atoms with Gasteiger partial charge in [0.2, 0.25) is 11.8 Å². The topological polar surface area (TPSA) is 86.8 Å². The lowest BCUT2D eigenvalue weighted by atomic mass is 10.1. The molecule has 1 N–H and O–H groups in total. The first-order valence-electron chi connectivity index (χ1n) is 10.3. The Hall–Kier alpha value is -1.88. The molecule has 7 nitrogen and oxygen atoms in total. The van der Waals surface area contributed by atoms with E-state index < -0.39 is 10.0 Å². The fraction of sp³-hybridized carbons (Fsp3) is 0.429. The maximum Gasteiger partial charge on any atom is 0.252 e. The summed E-state index contributed by atoms with van der Waals surface area (Å²) in [5.74, 6) is -0.272. The number of carbonyl (C=O) groups is 2. The maximum atomic E-state index is 12.9. The summed E-state index contributed by atoms with van der Waals surface area (Å²) in [5.41, 5.74) is 2.74. The number of nitrogens with zero attached hydrogens (tertiary/aromatic N) is 2. The first kappa shape index (κ1) is 22.3. The van der Waals surface area contributed by atoms with Gasteiger partial charge in [-0.15, -0.1) is 23.1 Å². The van der Waals surface area contributed by atoms with E-state index in [0.717, 1.165) is 29.0 Å². The van der Waals surface area contributed by atoms with Gasteiger partial charge in [-0.3, -0.25) is 9.59 Å². The van der Waals surface area contributed by atoms with E-state index >= 15 is 0 Å². The van der Waals surface area contributed by atoms with E-state index in [9.17, 15) is 18.0 Å². The molecule has 4 rings (SSSR count). The number of thioether (sulfide) groups is 1. The van der Waals surface area contributed by atoms with Crippen molar-refractivity contribution in [3.63, 3.8) is 0 Å². The number of hydrogen-bond donors (Lipinski definition) is 1. The van der Waals surface area contributed by atoms with Crippen molar-refractivity contribution in [3.8, 4) is 0 Å². The number of benzene rings is 1. The van der Waals surface area contributed by atoms with E-state index in [1.54, 1.807) is 6.07 Å². The van der Waals surface area contributed by atoms with Crippen LogP contribution in [0.15, 0.2) is 38.8 Å². The third kappa shape index (κ3) is 4.82. The Labute approximate surface area is 190 Å². The number of carbonyl (C=O) groups excluding carboxylic acids is 2. The molecule has 0 bridgehead atoms. The highest BCUT2D eigenvalue weighted by Gasteiger charge is 2.34. The van der Waals surface area contributed by atoms with E-state index in [-0.39, 0.29) is 28.3 Å². The quantitative estimate of drug-likeness (QED) is 0.660. The molecule has 31 heavy (non-hydrogen) atoms. The Morgan fingerprint density at radius 2 is 1.81 bits per heavy atom. The van der Waals surface area contributed by atoms with Crippen LogP contribution in [0.1, 0.15) is 30.9 Å². The molecule has 1 aromatic carbocycles. The highest BCUT2D eigenvalue weighted by molar-refractivity contribution is 8.02. The lowest BCUT2D eigenvalue weighted by molar-refractivity contribution is -0.123. The number of aryl methyl sites for hydroxylation is 1. The average molecular weight is 480 g/mol.